The first kappa shape index (κ1) is 20.3. The number of nitrogen functional groups attached to an aromatic ring is 1. The van der Waals surface area contributed by atoms with Crippen LogP contribution in [0.2, 0.25) is 0 Å². The molecule has 142 valence electrons. The lowest BCUT2D eigenvalue weighted by Crippen LogP contribution is -2.33. The van der Waals surface area contributed by atoms with Gasteiger partial charge in [-0.05, 0) is 23.8 Å². The van der Waals surface area contributed by atoms with Crippen molar-refractivity contribution in [2.24, 2.45) is 5.92 Å². The highest BCUT2D eigenvalue weighted by Gasteiger charge is 2.20. The Hall–Kier alpha value is -2.02. The molecule has 0 radical (unpaired) electrons. The maximum Gasteiger partial charge on any atom is 0.233 e. The van der Waals surface area contributed by atoms with E-state index >= 15 is 0 Å². The number of benzene rings is 1. The minimum atomic E-state index is -0.295. The zero-order valence-electron chi connectivity index (χ0n) is 16.4. The number of hydrogen-bond acceptors (Lipinski definition) is 5. The van der Waals surface area contributed by atoms with Gasteiger partial charge in [0.25, 0.3) is 0 Å². The molecule has 0 saturated heterocycles. The molecule has 3 N–H and O–H groups in total. The van der Waals surface area contributed by atoms with Crippen molar-refractivity contribution >= 4 is 17.7 Å². The summed E-state index contributed by atoms with van der Waals surface area (Å²) in [6.45, 7) is 13.1. The van der Waals surface area contributed by atoms with Crippen molar-refractivity contribution < 1.29 is 4.79 Å². The van der Waals surface area contributed by atoms with Gasteiger partial charge in [-0.15, -0.1) is 10.2 Å². The van der Waals surface area contributed by atoms with Crippen molar-refractivity contribution in [3.05, 3.63) is 29.8 Å². The molecule has 1 atom stereocenters. The molecule has 2 rings (SSSR count). The van der Waals surface area contributed by atoms with Crippen molar-refractivity contribution in [2.45, 2.75) is 57.4 Å². The number of nitrogens with one attached hydrogen (secondary N) is 1. The van der Waals surface area contributed by atoms with Gasteiger partial charge in [0.05, 0.1) is 5.25 Å². The number of nitrogens with two attached hydrogens (primary N) is 1. The topological polar surface area (TPSA) is 85.8 Å². The highest BCUT2D eigenvalue weighted by atomic mass is 32.2. The third-order valence-electron chi connectivity index (χ3n) is 4.01. The molecule has 0 aliphatic heterocycles. The monoisotopic (exact) mass is 375 g/mol. The molecule has 26 heavy (non-hydrogen) atoms. The zero-order valence-corrected chi connectivity index (χ0v) is 17.2. The van der Waals surface area contributed by atoms with E-state index in [0.29, 0.717) is 23.4 Å². The summed E-state index contributed by atoms with van der Waals surface area (Å²) in [5, 5.41) is 11.5. The van der Waals surface area contributed by atoms with Crippen LogP contribution in [0.25, 0.3) is 11.4 Å². The second-order valence-electron chi connectivity index (χ2n) is 7.90. The SMILES string of the molecule is CC(C)CNC(=O)[C@@H](C)Sc1nnc(-c2ccc(C(C)(C)C)cc2)n1N. The molecule has 1 aromatic carbocycles. The van der Waals surface area contributed by atoms with Crippen LogP contribution < -0.4 is 11.2 Å². The Morgan fingerprint density at radius 1 is 1.19 bits per heavy atom. The van der Waals surface area contributed by atoms with Gasteiger partial charge in [0.15, 0.2) is 5.82 Å². The number of amides is 1. The molecule has 1 heterocycles. The molecule has 1 amide bonds. The van der Waals surface area contributed by atoms with Crippen LogP contribution in [0.3, 0.4) is 0 Å². The summed E-state index contributed by atoms with van der Waals surface area (Å²) in [4.78, 5) is 12.1. The summed E-state index contributed by atoms with van der Waals surface area (Å²) in [5.41, 5.74) is 2.24. The Labute approximate surface area is 159 Å². The third kappa shape index (κ3) is 5.00. The Morgan fingerprint density at radius 2 is 1.81 bits per heavy atom. The number of rotatable bonds is 6. The fraction of sp³-hybridized carbons (Fsp3) is 0.526. The highest BCUT2D eigenvalue weighted by molar-refractivity contribution is 8.00. The minimum Gasteiger partial charge on any atom is -0.355 e. The Balaban J connectivity index is 2.11. The fourth-order valence-corrected chi connectivity index (χ4v) is 3.13. The summed E-state index contributed by atoms with van der Waals surface area (Å²) in [5.74, 6) is 7.14. The van der Waals surface area contributed by atoms with E-state index in [-0.39, 0.29) is 16.6 Å². The smallest absolute Gasteiger partial charge is 0.233 e. The van der Waals surface area contributed by atoms with Gasteiger partial charge in [-0.1, -0.05) is 70.6 Å². The van der Waals surface area contributed by atoms with Crippen molar-refractivity contribution in [2.75, 3.05) is 12.4 Å². The summed E-state index contributed by atoms with van der Waals surface area (Å²) in [6.07, 6.45) is 0. The minimum absolute atomic E-state index is 0.0252. The van der Waals surface area contributed by atoms with Gasteiger partial charge >= 0.3 is 0 Å². The lowest BCUT2D eigenvalue weighted by atomic mass is 9.87. The molecule has 0 aliphatic rings. The van der Waals surface area contributed by atoms with E-state index in [1.165, 1.54) is 22.0 Å². The van der Waals surface area contributed by atoms with Crippen molar-refractivity contribution in [1.29, 1.82) is 0 Å². The first-order chi connectivity index (χ1) is 12.1. The van der Waals surface area contributed by atoms with Crippen LogP contribution in [0, 0.1) is 5.92 Å². The molecular formula is C19H29N5OS. The van der Waals surface area contributed by atoms with Crippen LogP contribution in [0.1, 0.15) is 47.1 Å². The maximum absolute atomic E-state index is 12.1. The molecule has 0 aliphatic carbocycles. The largest absolute Gasteiger partial charge is 0.355 e. The van der Waals surface area contributed by atoms with Crippen LogP contribution in [0.4, 0.5) is 0 Å². The number of carbonyl (C=O) groups excluding carboxylic acids is 1. The molecule has 0 fully saturated rings. The molecule has 0 saturated carbocycles. The number of carbonyl (C=O) groups is 1. The van der Waals surface area contributed by atoms with E-state index in [4.69, 9.17) is 5.84 Å². The summed E-state index contributed by atoms with van der Waals surface area (Å²) < 4.78 is 1.45. The van der Waals surface area contributed by atoms with E-state index in [0.717, 1.165) is 5.56 Å². The number of nitrogens with zero attached hydrogens (tertiary/aromatic N) is 3. The average molecular weight is 376 g/mol. The third-order valence-corrected chi connectivity index (χ3v) is 5.07. The predicted molar refractivity (Wildman–Crippen MR) is 107 cm³/mol. The molecule has 1 aromatic heterocycles. The van der Waals surface area contributed by atoms with Crippen LogP contribution in [0.5, 0.6) is 0 Å². The van der Waals surface area contributed by atoms with E-state index < -0.39 is 0 Å². The molecule has 6 nitrogen and oxygen atoms in total. The van der Waals surface area contributed by atoms with Crippen LogP contribution in [0.15, 0.2) is 29.4 Å². The van der Waals surface area contributed by atoms with Gasteiger partial charge in [0.1, 0.15) is 0 Å². The van der Waals surface area contributed by atoms with Gasteiger partial charge < -0.3 is 11.2 Å². The number of thioether (sulfide) groups is 1. The number of hydrogen-bond donors (Lipinski definition) is 2. The molecule has 0 spiro atoms. The van der Waals surface area contributed by atoms with E-state index in [1.807, 2.05) is 19.1 Å². The number of aromatic nitrogens is 3. The van der Waals surface area contributed by atoms with Gasteiger partial charge in [0, 0.05) is 12.1 Å². The lowest BCUT2D eigenvalue weighted by Gasteiger charge is -2.19. The summed E-state index contributed by atoms with van der Waals surface area (Å²) in [7, 11) is 0. The zero-order chi connectivity index (χ0) is 19.5. The van der Waals surface area contributed by atoms with Gasteiger partial charge in [0.2, 0.25) is 11.1 Å². The van der Waals surface area contributed by atoms with Gasteiger partial charge in [-0.2, -0.15) is 0 Å². The fourth-order valence-electron chi connectivity index (χ4n) is 2.33. The van der Waals surface area contributed by atoms with Crippen LogP contribution >= 0.6 is 11.8 Å². The molecule has 0 unspecified atom stereocenters. The first-order valence-corrected chi connectivity index (χ1v) is 9.73. The van der Waals surface area contributed by atoms with Crippen LogP contribution in [-0.2, 0) is 10.2 Å². The quantitative estimate of drug-likeness (QED) is 0.598. The molecular weight excluding hydrogens is 346 g/mol. The van der Waals surface area contributed by atoms with E-state index in [2.05, 4.69) is 62.3 Å². The average Bonchev–Trinajstić information content (AvgIpc) is 2.92. The maximum atomic E-state index is 12.1. The van der Waals surface area contributed by atoms with Crippen molar-refractivity contribution in [1.82, 2.24) is 20.2 Å². The van der Waals surface area contributed by atoms with E-state index in [9.17, 15) is 4.79 Å². The van der Waals surface area contributed by atoms with Crippen LogP contribution in [-0.4, -0.2) is 32.6 Å². The molecule has 0 bridgehead atoms. The van der Waals surface area contributed by atoms with E-state index in [1.54, 1.807) is 0 Å². The Kier molecular flexibility index (Phi) is 6.34. The van der Waals surface area contributed by atoms with Gasteiger partial charge in [-0.25, -0.2) is 4.68 Å². The van der Waals surface area contributed by atoms with Crippen molar-refractivity contribution in [3.8, 4) is 11.4 Å². The Morgan fingerprint density at radius 3 is 2.35 bits per heavy atom. The predicted octanol–water partition coefficient (Wildman–Crippen LogP) is 3.21. The molecule has 2 aromatic rings. The summed E-state index contributed by atoms with van der Waals surface area (Å²) >= 11 is 1.31. The lowest BCUT2D eigenvalue weighted by molar-refractivity contribution is -0.120. The highest BCUT2D eigenvalue weighted by Crippen LogP contribution is 2.27. The summed E-state index contributed by atoms with van der Waals surface area (Å²) in [6, 6.07) is 8.17. The first-order valence-electron chi connectivity index (χ1n) is 8.85. The normalized spacial score (nSPS) is 13.0. The second kappa shape index (κ2) is 8.12. The van der Waals surface area contributed by atoms with Gasteiger partial charge in [-0.3, -0.25) is 4.79 Å². The standard InChI is InChI=1S/C19H29N5OS/c1-12(2)11-21-17(25)13(3)26-18-23-22-16(24(18)20)14-7-9-15(10-8-14)19(4,5)6/h7-10,12-13H,11,20H2,1-6H3,(H,21,25)/t13-/m1/s1. The Bertz CT molecular complexity index is 746. The van der Waals surface area contributed by atoms with Crippen molar-refractivity contribution in [3.63, 3.8) is 0 Å². The second-order valence-corrected chi connectivity index (χ2v) is 9.21. The molecule has 7 heteroatoms.